The zero-order valence-corrected chi connectivity index (χ0v) is 10.6. The zero-order chi connectivity index (χ0) is 13.0. The highest BCUT2D eigenvalue weighted by Gasteiger charge is 2.21. The number of carbonyl (C=O) groups excluding carboxylic acids is 1. The molecule has 1 aromatic heterocycles. The minimum absolute atomic E-state index is 0.0142. The van der Waals surface area contributed by atoms with Crippen molar-refractivity contribution in [1.29, 1.82) is 0 Å². The van der Waals surface area contributed by atoms with E-state index < -0.39 is 5.97 Å². The lowest BCUT2D eigenvalue weighted by Gasteiger charge is -2.20. The summed E-state index contributed by atoms with van der Waals surface area (Å²) in [5.41, 5.74) is 0.111. The molecule has 18 heavy (non-hydrogen) atoms. The molecule has 2 N–H and O–H groups in total. The number of carboxylic acids is 1. The molecule has 0 spiro atoms. The minimum atomic E-state index is -1.02. The molecule has 6 heteroatoms. The number of rotatable bonds is 3. The topological polar surface area (TPSA) is 79.3 Å². The van der Waals surface area contributed by atoms with Crippen LogP contribution in [0.1, 0.15) is 29.6 Å². The van der Waals surface area contributed by atoms with Gasteiger partial charge in [0.15, 0.2) is 0 Å². The fraction of sp³-hybridized carbons (Fsp3) is 0.417. The van der Waals surface area contributed by atoms with Gasteiger partial charge in [-0.25, -0.2) is 9.78 Å². The number of nitrogens with one attached hydrogen (secondary N) is 1. The predicted octanol–water partition coefficient (Wildman–Crippen LogP) is 2.00. The first-order chi connectivity index (χ1) is 8.66. The normalized spacial score (nSPS) is 19.2. The molecule has 0 aliphatic carbocycles. The molecule has 0 radical (unpaired) electrons. The van der Waals surface area contributed by atoms with Crippen LogP contribution in [0.5, 0.6) is 0 Å². The maximum atomic E-state index is 11.9. The molecule has 5 nitrogen and oxygen atoms in total. The number of aromatic carboxylic acids is 1. The first-order valence-electron chi connectivity index (χ1n) is 5.78. The summed E-state index contributed by atoms with van der Waals surface area (Å²) in [7, 11) is 0. The van der Waals surface area contributed by atoms with E-state index in [1.54, 1.807) is 11.8 Å². The van der Waals surface area contributed by atoms with Crippen molar-refractivity contribution in [1.82, 2.24) is 4.98 Å². The average Bonchev–Trinajstić information content (AvgIpc) is 2.40. The maximum Gasteiger partial charge on any atom is 0.337 e. The van der Waals surface area contributed by atoms with Crippen LogP contribution < -0.4 is 5.32 Å². The molecule has 1 aliphatic heterocycles. The van der Waals surface area contributed by atoms with Gasteiger partial charge in [0.2, 0.25) is 5.91 Å². The number of hydrogen-bond acceptors (Lipinski definition) is 4. The number of pyridine rings is 1. The molecule has 0 saturated carbocycles. The van der Waals surface area contributed by atoms with Crippen LogP contribution in [0.15, 0.2) is 18.3 Å². The van der Waals surface area contributed by atoms with Crippen LogP contribution in [0, 0.1) is 0 Å². The summed E-state index contributed by atoms with van der Waals surface area (Å²) >= 11 is 1.66. The molecule has 96 valence electrons. The van der Waals surface area contributed by atoms with E-state index in [9.17, 15) is 9.59 Å². The minimum Gasteiger partial charge on any atom is -0.478 e. The lowest BCUT2D eigenvalue weighted by atomic mass is 10.2. The molecule has 1 aromatic rings. The molecule has 2 heterocycles. The van der Waals surface area contributed by atoms with Crippen molar-refractivity contribution >= 4 is 29.5 Å². The van der Waals surface area contributed by atoms with E-state index in [-0.39, 0.29) is 16.7 Å². The highest BCUT2D eigenvalue weighted by Crippen LogP contribution is 2.25. The van der Waals surface area contributed by atoms with Gasteiger partial charge in [-0.15, -0.1) is 11.8 Å². The third-order valence-electron chi connectivity index (χ3n) is 2.73. The number of anilines is 1. The third-order valence-corrected chi connectivity index (χ3v) is 4.11. The second-order valence-corrected chi connectivity index (χ2v) is 5.39. The van der Waals surface area contributed by atoms with Crippen molar-refractivity contribution in [2.45, 2.75) is 24.5 Å². The van der Waals surface area contributed by atoms with Crippen LogP contribution in [0.4, 0.5) is 5.82 Å². The average molecular weight is 266 g/mol. The lowest BCUT2D eigenvalue weighted by molar-refractivity contribution is -0.115. The Hall–Kier alpha value is -1.56. The summed E-state index contributed by atoms with van der Waals surface area (Å²) in [6.45, 7) is 0. The van der Waals surface area contributed by atoms with E-state index in [2.05, 4.69) is 10.3 Å². The highest BCUT2D eigenvalue weighted by molar-refractivity contribution is 8.00. The Kier molecular flexibility index (Phi) is 4.19. The van der Waals surface area contributed by atoms with Crippen LogP contribution in [0.25, 0.3) is 0 Å². The maximum absolute atomic E-state index is 11.9. The van der Waals surface area contributed by atoms with E-state index in [1.807, 2.05) is 0 Å². The summed E-state index contributed by atoms with van der Waals surface area (Å²) in [6.07, 6.45) is 4.38. The van der Waals surface area contributed by atoms with Crippen LogP contribution >= 0.6 is 11.8 Å². The molecule has 1 saturated heterocycles. The molecular weight excluding hydrogens is 252 g/mol. The van der Waals surface area contributed by atoms with Gasteiger partial charge in [0.05, 0.1) is 10.8 Å². The second kappa shape index (κ2) is 5.86. The van der Waals surface area contributed by atoms with Crippen LogP contribution in [0.2, 0.25) is 0 Å². The van der Waals surface area contributed by atoms with Crippen molar-refractivity contribution in [2.75, 3.05) is 11.1 Å². The summed E-state index contributed by atoms with van der Waals surface area (Å²) in [5, 5.41) is 11.4. The number of hydrogen-bond donors (Lipinski definition) is 2. The molecule has 0 bridgehead atoms. The fourth-order valence-corrected chi connectivity index (χ4v) is 2.95. The van der Waals surface area contributed by atoms with E-state index >= 15 is 0 Å². The first kappa shape index (κ1) is 12.9. The van der Waals surface area contributed by atoms with Gasteiger partial charge >= 0.3 is 5.97 Å². The number of carboxylic acid groups (broad SMARTS) is 1. The van der Waals surface area contributed by atoms with E-state index in [1.165, 1.54) is 24.8 Å². The standard InChI is InChI=1S/C12H14N2O3S/c15-11(9-3-1-2-6-18-9)14-10-5-4-8(7-13-10)12(16)17/h4-5,7,9H,1-3,6H2,(H,16,17)(H,13,14,15). The first-order valence-corrected chi connectivity index (χ1v) is 6.83. The second-order valence-electron chi connectivity index (χ2n) is 4.08. The summed E-state index contributed by atoms with van der Waals surface area (Å²) < 4.78 is 0. The van der Waals surface area contributed by atoms with Crippen molar-refractivity contribution in [3.05, 3.63) is 23.9 Å². The number of thioether (sulfide) groups is 1. The monoisotopic (exact) mass is 266 g/mol. The van der Waals surface area contributed by atoms with Gasteiger partial charge in [-0.05, 0) is 30.7 Å². The number of nitrogens with zero attached hydrogens (tertiary/aromatic N) is 1. The summed E-state index contributed by atoms with van der Waals surface area (Å²) in [6, 6.07) is 2.94. The van der Waals surface area contributed by atoms with Gasteiger partial charge in [-0.3, -0.25) is 4.79 Å². The lowest BCUT2D eigenvalue weighted by Crippen LogP contribution is -2.27. The van der Waals surface area contributed by atoms with Gasteiger partial charge < -0.3 is 10.4 Å². The molecule has 1 atom stereocenters. The van der Waals surface area contributed by atoms with Gasteiger partial charge in [-0.1, -0.05) is 6.42 Å². The highest BCUT2D eigenvalue weighted by atomic mass is 32.2. The van der Waals surface area contributed by atoms with Gasteiger partial charge in [-0.2, -0.15) is 0 Å². The molecular formula is C12H14N2O3S. The largest absolute Gasteiger partial charge is 0.478 e. The molecule has 1 amide bonds. The predicted molar refractivity (Wildman–Crippen MR) is 69.9 cm³/mol. The molecule has 2 rings (SSSR count). The smallest absolute Gasteiger partial charge is 0.337 e. The Bertz CT molecular complexity index is 441. The molecule has 1 unspecified atom stereocenters. The van der Waals surface area contributed by atoms with Crippen molar-refractivity contribution in [2.24, 2.45) is 0 Å². The number of carbonyl (C=O) groups is 2. The zero-order valence-electron chi connectivity index (χ0n) is 9.76. The Morgan fingerprint density at radius 2 is 2.22 bits per heavy atom. The Morgan fingerprint density at radius 1 is 1.39 bits per heavy atom. The summed E-state index contributed by atoms with van der Waals surface area (Å²) in [5.74, 6) is 0.346. The van der Waals surface area contributed by atoms with Crippen molar-refractivity contribution in [3.8, 4) is 0 Å². The molecule has 1 aliphatic rings. The Balaban J connectivity index is 1.96. The van der Waals surface area contributed by atoms with Crippen molar-refractivity contribution < 1.29 is 14.7 Å². The third kappa shape index (κ3) is 3.22. The van der Waals surface area contributed by atoms with Gasteiger partial charge in [0, 0.05) is 6.20 Å². The SMILES string of the molecule is O=C(O)c1ccc(NC(=O)C2CCCCS2)nc1. The van der Waals surface area contributed by atoms with E-state index in [0.717, 1.165) is 18.6 Å². The number of aromatic nitrogens is 1. The number of amides is 1. The van der Waals surface area contributed by atoms with Crippen LogP contribution in [-0.2, 0) is 4.79 Å². The van der Waals surface area contributed by atoms with Crippen molar-refractivity contribution in [3.63, 3.8) is 0 Å². The van der Waals surface area contributed by atoms with E-state index in [4.69, 9.17) is 5.11 Å². The van der Waals surface area contributed by atoms with E-state index in [0.29, 0.717) is 5.82 Å². The Morgan fingerprint density at radius 3 is 2.78 bits per heavy atom. The van der Waals surface area contributed by atoms with Crippen LogP contribution in [-0.4, -0.2) is 33.0 Å². The Labute approximate surface area is 109 Å². The quantitative estimate of drug-likeness (QED) is 0.874. The molecule has 0 aromatic carbocycles. The van der Waals surface area contributed by atoms with Crippen LogP contribution in [0.3, 0.4) is 0 Å². The van der Waals surface area contributed by atoms with Gasteiger partial charge in [0.1, 0.15) is 5.82 Å². The fourth-order valence-electron chi connectivity index (χ4n) is 1.75. The molecule has 1 fully saturated rings. The summed E-state index contributed by atoms with van der Waals surface area (Å²) in [4.78, 5) is 26.5. The van der Waals surface area contributed by atoms with Gasteiger partial charge in [0.25, 0.3) is 0 Å².